The third-order valence-corrected chi connectivity index (χ3v) is 3.98. The molecule has 0 aromatic heterocycles. The number of aliphatic hydroxyl groups is 8. The second-order valence-electron chi connectivity index (χ2n) is 5.53. The lowest BCUT2D eigenvalue weighted by atomic mass is 9.97. The first-order valence-corrected chi connectivity index (χ1v) is 7.08. The van der Waals surface area contributed by atoms with Crippen molar-refractivity contribution in [3.8, 4) is 0 Å². The molecule has 11 heteroatoms. The molecule has 0 bridgehead atoms. The van der Waals surface area contributed by atoms with E-state index < -0.39 is 74.6 Å². The van der Waals surface area contributed by atoms with Crippen LogP contribution in [0.3, 0.4) is 0 Å². The molecule has 8 N–H and O–H groups in total. The van der Waals surface area contributed by atoms with E-state index in [4.69, 9.17) is 24.4 Å². The SMILES string of the molecule is OC[C@H]1OC(O)[C@H](OC2O[C@H](CO)[C@@H](O)[C@H](O)[C@H]2O)[C@@H](O)[C@H]1O. The van der Waals surface area contributed by atoms with Gasteiger partial charge in [-0.2, -0.15) is 0 Å². The number of aliphatic hydroxyl groups excluding tert-OH is 8. The van der Waals surface area contributed by atoms with Crippen LogP contribution in [0.1, 0.15) is 0 Å². The van der Waals surface area contributed by atoms with Gasteiger partial charge in [0.2, 0.25) is 0 Å². The van der Waals surface area contributed by atoms with Gasteiger partial charge < -0.3 is 55.1 Å². The molecule has 0 aromatic carbocycles. The molecule has 2 rings (SSSR count). The summed E-state index contributed by atoms with van der Waals surface area (Å²) in [7, 11) is 0. The highest BCUT2D eigenvalue weighted by Crippen LogP contribution is 2.28. The van der Waals surface area contributed by atoms with E-state index in [9.17, 15) is 30.6 Å². The molecular weight excluding hydrogens is 320 g/mol. The molecule has 2 aliphatic heterocycles. The molecule has 0 radical (unpaired) electrons. The van der Waals surface area contributed by atoms with Gasteiger partial charge in [-0.15, -0.1) is 0 Å². The molecule has 2 fully saturated rings. The first-order chi connectivity index (χ1) is 10.8. The summed E-state index contributed by atoms with van der Waals surface area (Å²) >= 11 is 0. The lowest BCUT2D eigenvalue weighted by Crippen LogP contribution is -2.64. The van der Waals surface area contributed by atoms with Crippen molar-refractivity contribution >= 4 is 0 Å². The Hall–Kier alpha value is -0.440. The number of hydrogen-bond donors (Lipinski definition) is 8. The van der Waals surface area contributed by atoms with Crippen molar-refractivity contribution < 1.29 is 55.1 Å². The fourth-order valence-corrected chi connectivity index (χ4v) is 2.55. The second-order valence-corrected chi connectivity index (χ2v) is 5.53. The third-order valence-electron chi connectivity index (χ3n) is 3.98. The maximum atomic E-state index is 9.94. The predicted octanol–water partition coefficient (Wildman–Crippen LogP) is -5.40. The molecule has 23 heavy (non-hydrogen) atoms. The van der Waals surface area contributed by atoms with Gasteiger partial charge >= 0.3 is 0 Å². The fraction of sp³-hybridized carbons (Fsp3) is 1.00. The van der Waals surface area contributed by atoms with E-state index in [2.05, 4.69) is 0 Å². The van der Waals surface area contributed by atoms with Crippen molar-refractivity contribution in [3.63, 3.8) is 0 Å². The smallest absolute Gasteiger partial charge is 0.187 e. The van der Waals surface area contributed by atoms with Crippen LogP contribution in [0.5, 0.6) is 0 Å². The Morgan fingerprint density at radius 1 is 0.652 bits per heavy atom. The Morgan fingerprint density at radius 2 is 1.17 bits per heavy atom. The van der Waals surface area contributed by atoms with Gasteiger partial charge in [0.15, 0.2) is 12.6 Å². The van der Waals surface area contributed by atoms with Crippen molar-refractivity contribution in [2.75, 3.05) is 13.2 Å². The van der Waals surface area contributed by atoms with E-state index in [-0.39, 0.29) is 0 Å². The monoisotopic (exact) mass is 342 g/mol. The van der Waals surface area contributed by atoms with E-state index in [0.29, 0.717) is 0 Å². The summed E-state index contributed by atoms with van der Waals surface area (Å²) in [6.07, 6.45) is -15.6. The topological polar surface area (TPSA) is 190 Å². The zero-order chi connectivity index (χ0) is 17.3. The first kappa shape index (κ1) is 18.9. The molecule has 136 valence electrons. The van der Waals surface area contributed by atoms with Gasteiger partial charge in [-0.25, -0.2) is 0 Å². The number of ether oxygens (including phenoxy) is 3. The molecule has 2 aliphatic rings. The van der Waals surface area contributed by atoms with Gasteiger partial charge in [-0.05, 0) is 0 Å². The predicted molar refractivity (Wildman–Crippen MR) is 68.6 cm³/mol. The minimum absolute atomic E-state index is 0.651. The second kappa shape index (κ2) is 7.63. The Bertz CT molecular complexity index is 380. The molecule has 0 aromatic rings. The van der Waals surface area contributed by atoms with Crippen molar-refractivity contribution in [2.45, 2.75) is 61.4 Å². The summed E-state index contributed by atoms with van der Waals surface area (Å²) in [6, 6.07) is 0. The normalized spacial score (nSPS) is 51.7. The highest BCUT2D eigenvalue weighted by Gasteiger charge is 2.50. The van der Waals surface area contributed by atoms with Crippen molar-refractivity contribution in [3.05, 3.63) is 0 Å². The summed E-state index contributed by atoms with van der Waals surface area (Å²) < 4.78 is 15.1. The highest BCUT2D eigenvalue weighted by atomic mass is 16.7. The van der Waals surface area contributed by atoms with E-state index in [0.717, 1.165) is 0 Å². The summed E-state index contributed by atoms with van der Waals surface area (Å²) in [5, 5.41) is 76.7. The summed E-state index contributed by atoms with van der Waals surface area (Å²) in [4.78, 5) is 0. The summed E-state index contributed by atoms with van der Waals surface area (Å²) in [6.45, 7) is -1.33. The van der Waals surface area contributed by atoms with E-state index in [1.54, 1.807) is 0 Å². The molecule has 0 aliphatic carbocycles. The van der Waals surface area contributed by atoms with Gasteiger partial charge in [0.1, 0.15) is 48.8 Å². The lowest BCUT2D eigenvalue weighted by Gasteiger charge is -2.44. The van der Waals surface area contributed by atoms with Crippen molar-refractivity contribution in [1.82, 2.24) is 0 Å². The summed E-state index contributed by atoms with van der Waals surface area (Å²) in [5.41, 5.74) is 0. The molecular formula is C12H22O11. The maximum Gasteiger partial charge on any atom is 0.187 e. The largest absolute Gasteiger partial charge is 0.394 e. The van der Waals surface area contributed by atoms with Crippen LogP contribution in [-0.2, 0) is 14.2 Å². The van der Waals surface area contributed by atoms with Gasteiger partial charge in [0.25, 0.3) is 0 Å². The molecule has 0 amide bonds. The van der Waals surface area contributed by atoms with Gasteiger partial charge in [-0.1, -0.05) is 0 Å². The number of rotatable bonds is 4. The molecule has 10 atom stereocenters. The zero-order valence-electron chi connectivity index (χ0n) is 12.0. The van der Waals surface area contributed by atoms with Gasteiger partial charge in [-0.3, -0.25) is 0 Å². The average Bonchev–Trinajstić information content (AvgIpc) is 2.54. The molecule has 0 saturated carbocycles. The van der Waals surface area contributed by atoms with Crippen LogP contribution < -0.4 is 0 Å². The first-order valence-electron chi connectivity index (χ1n) is 7.08. The fourth-order valence-electron chi connectivity index (χ4n) is 2.55. The van der Waals surface area contributed by atoms with E-state index in [1.165, 1.54) is 0 Å². The van der Waals surface area contributed by atoms with Crippen LogP contribution >= 0.6 is 0 Å². The van der Waals surface area contributed by atoms with Crippen LogP contribution in [0.4, 0.5) is 0 Å². The minimum atomic E-state index is -1.75. The average molecular weight is 342 g/mol. The molecule has 2 unspecified atom stereocenters. The van der Waals surface area contributed by atoms with Gasteiger partial charge in [0.05, 0.1) is 13.2 Å². The van der Waals surface area contributed by atoms with Crippen LogP contribution in [0.25, 0.3) is 0 Å². The number of hydrogen-bond acceptors (Lipinski definition) is 11. The Balaban J connectivity index is 2.08. The third kappa shape index (κ3) is 3.65. The van der Waals surface area contributed by atoms with Crippen LogP contribution in [0.15, 0.2) is 0 Å². The molecule has 0 spiro atoms. The van der Waals surface area contributed by atoms with Crippen LogP contribution in [-0.4, -0.2) is 115 Å². The molecule has 2 heterocycles. The molecule has 2 saturated heterocycles. The highest BCUT2D eigenvalue weighted by molar-refractivity contribution is 4.93. The van der Waals surface area contributed by atoms with Crippen LogP contribution in [0.2, 0.25) is 0 Å². The Labute approximate surface area is 130 Å². The quantitative estimate of drug-likeness (QED) is 0.243. The van der Waals surface area contributed by atoms with Crippen molar-refractivity contribution in [2.24, 2.45) is 0 Å². The van der Waals surface area contributed by atoms with Gasteiger partial charge in [0, 0.05) is 0 Å². The summed E-state index contributed by atoms with van der Waals surface area (Å²) in [5.74, 6) is 0. The Morgan fingerprint density at radius 3 is 1.74 bits per heavy atom. The standard InChI is InChI=1S/C12H22O11/c13-1-3-6(16)8(18)10(11(20)21-3)23-12-9(19)7(17)5(15)4(2-14)22-12/h3-20H,1-2H2/t3-,4-,5-,6+,7+,8+,9-,10-,11?,12?/m1/s1. The zero-order valence-corrected chi connectivity index (χ0v) is 12.0. The Kier molecular flexibility index (Phi) is 6.27. The van der Waals surface area contributed by atoms with Crippen LogP contribution in [0, 0.1) is 0 Å². The lowest BCUT2D eigenvalue weighted by molar-refractivity contribution is -0.361. The van der Waals surface area contributed by atoms with E-state index in [1.807, 2.05) is 0 Å². The maximum absolute atomic E-state index is 9.94. The van der Waals surface area contributed by atoms with E-state index >= 15 is 0 Å². The van der Waals surface area contributed by atoms with Crippen molar-refractivity contribution in [1.29, 1.82) is 0 Å². The molecule has 11 nitrogen and oxygen atoms in total. The minimum Gasteiger partial charge on any atom is -0.394 e.